The minimum atomic E-state index is -0.770. The fourth-order valence-electron chi connectivity index (χ4n) is 2.19. The Balaban J connectivity index is 2.41. The quantitative estimate of drug-likeness (QED) is 0.695. The van der Waals surface area contributed by atoms with E-state index >= 15 is 0 Å². The van der Waals surface area contributed by atoms with Crippen LogP contribution in [0, 0.1) is 0 Å². The molecule has 0 bridgehead atoms. The summed E-state index contributed by atoms with van der Waals surface area (Å²) >= 11 is 0. The van der Waals surface area contributed by atoms with Crippen LogP contribution in [0.3, 0.4) is 0 Å². The molecular weight excluding hydrogens is 180 g/mol. The van der Waals surface area contributed by atoms with E-state index in [1.807, 2.05) is 0 Å². The van der Waals surface area contributed by atoms with Crippen LogP contribution in [0.15, 0.2) is 0 Å². The van der Waals surface area contributed by atoms with Gasteiger partial charge in [-0.1, -0.05) is 12.8 Å². The van der Waals surface area contributed by atoms with Gasteiger partial charge in [0.15, 0.2) is 0 Å². The Hall–Kier alpha value is -0.610. The van der Waals surface area contributed by atoms with Crippen LogP contribution in [0.2, 0.25) is 0 Å². The molecule has 1 rings (SSSR count). The first kappa shape index (κ1) is 11.5. The molecular formula is C10H20N2O2. The van der Waals surface area contributed by atoms with Crippen molar-refractivity contribution in [2.24, 2.45) is 0 Å². The molecule has 2 atom stereocenters. The summed E-state index contributed by atoms with van der Waals surface area (Å²) in [5.74, 6) is -0.770. The van der Waals surface area contributed by atoms with Gasteiger partial charge in [0.05, 0.1) is 6.54 Å². The van der Waals surface area contributed by atoms with Crippen molar-refractivity contribution < 1.29 is 9.90 Å². The Kier molecular flexibility index (Phi) is 4.35. The Morgan fingerprint density at radius 2 is 2.07 bits per heavy atom. The van der Waals surface area contributed by atoms with E-state index < -0.39 is 5.97 Å². The summed E-state index contributed by atoms with van der Waals surface area (Å²) in [7, 11) is 4.12. The molecule has 0 aliphatic heterocycles. The first-order valence-electron chi connectivity index (χ1n) is 5.23. The molecule has 2 N–H and O–H groups in total. The predicted molar refractivity (Wildman–Crippen MR) is 55.4 cm³/mol. The summed E-state index contributed by atoms with van der Waals surface area (Å²) in [6.45, 7) is 0.0784. The Bertz CT molecular complexity index is 195. The van der Waals surface area contributed by atoms with Crippen LogP contribution in [-0.2, 0) is 4.79 Å². The van der Waals surface area contributed by atoms with E-state index in [9.17, 15) is 4.79 Å². The predicted octanol–water partition coefficient (Wildman–Crippen LogP) is 0.533. The van der Waals surface area contributed by atoms with Gasteiger partial charge in [0.1, 0.15) is 0 Å². The molecule has 4 nitrogen and oxygen atoms in total. The first-order chi connectivity index (χ1) is 6.61. The maximum atomic E-state index is 10.4. The van der Waals surface area contributed by atoms with Crippen molar-refractivity contribution in [3.05, 3.63) is 0 Å². The molecule has 0 aromatic rings. The van der Waals surface area contributed by atoms with E-state index in [4.69, 9.17) is 5.11 Å². The van der Waals surface area contributed by atoms with Gasteiger partial charge >= 0.3 is 5.97 Å². The average Bonchev–Trinajstić information content (AvgIpc) is 2.15. The second kappa shape index (κ2) is 5.32. The monoisotopic (exact) mass is 200 g/mol. The highest BCUT2D eigenvalue weighted by molar-refractivity contribution is 5.69. The van der Waals surface area contributed by atoms with Crippen LogP contribution >= 0.6 is 0 Å². The third-order valence-corrected chi connectivity index (χ3v) is 2.91. The molecule has 1 aliphatic carbocycles. The highest BCUT2D eigenvalue weighted by Gasteiger charge is 2.26. The van der Waals surface area contributed by atoms with Crippen molar-refractivity contribution in [2.45, 2.75) is 37.8 Å². The van der Waals surface area contributed by atoms with Crippen molar-refractivity contribution in [1.29, 1.82) is 0 Å². The zero-order valence-electron chi connectivity index (χ0n) is 8.99. The zero-order valence-corrected chi connectivity index (χ0v) is 8.99. The fraction of sp³-hybridized carbons (Fsp3) is 0.900. The van der Waals surface area contributed by atoms with Gasteiger partial charge in [0, 0.05) is 12.1 Å². The third kappa shape index (κ3) is 3.27. The van der Waals surface area contributed by atoms with E-state index in [0.717, 1.165) is 6.42 Å². The van der Waals surface area contributed by atoms with Gasteiger partial charge in [-0.25, -0.2) is 0 Å². The molecule has 4 heteroatoms. The van der Waals surface area contributed by atoms with Gasteiger partial charge in [0.2, 0.25) is 0 Å². The highest BCUT2D eigenvalue weighted by atomic mass is 16.4. The number of nitrogens with zero attached hydrogens (tertiary/aromatic N) is 1. The van der Waals surface area contributed by atoms with Gasteiger partial charge in [0.25, 0.3) is 0 Å². The topological polar surface area (TPSA) is 52.6 Å². The van der Waals surface area contributed by atoms with Gasteiger partial charge in [-0.3, -0.25) is 4.79 Å². The second-order valence-electron chi connectivity index (χ2n) is 4.20. The first-order valence-corrected chi connectivity index (χ1v) is 5.23. The summed E-state index contributed by atoms with van der Waals surface area (Å²) in [4.78, 5) is 12.6. The summed E-state index contributed by atoms with van der Waals surface area (Å²) in [6.07, 6.45) is 4.73. The third-order valence-electron chi connectivity index (χ3n) is 2.91. The molecule has 14 heavy (non-hydrogen) atoms. The maximum absolute atomic E-state index is 10.4. The van der Waals surface area contributed by atoms with E-state index in [-0.39, 0.29) is 6.54 Å². The lowest BCUT2D eigenvalue weighted by Gasteiger charge is -2.36. The van der Waals surface area contributed by atoms with E-state index in [0.29, 0.717) is 12.1 Å². The number of aliphatic carboxylic acids is 1. The molecule has 1 saturated carbocycles. The normalized spacial score (nSPS) is 27.9. The summed E-state index contributed by atoms with van der Waals surface area (Å²) in [5.41, 5.74) is 0. The minimum absolute atomic E-state index is 0.0784. The molecule has 1 fully saturated rings. The van der Waals surface area contributed by atoms with E-state index in [1.54, 1.807) is 0 Å². The largest absolute Gasteiger partial charge is 0.480 e. The highest BCUT2D eigenvalue weighted by Crippen LogP contribution is 2.21. The summed E-state index contributed by atoms with van der Waals surface area (Å²) in [6, 6.07) is 0.831. The standard InChI is InChI=1S/C10H20N2O2/c1-12(2)9-6-4-3-5-8(9)11-7-10(13)14/h8-9,11H,3-7H2,1-2H3,(H,13,14)/t8-,9-/m1/s1. The molecule has 0 aromatic carbocycles. The molecule has 82 valence electrons. The number of carbonyl (C=O) groups is 1. The number of rotatable bonds is 4. The number of likely N-dealkylation sites (N-methyl/N-ethyl adjacent to an activating group) is 1. The van der Waals surface area contributed by atoms with Crippen LogP contribution in [0.4, 0.5) is 0 Å². The van der Waals surface area contributed by atoms with Crippen LogP contribution in [0.25, 0.3) is 0 Å². The molecule has 0 saturated heterocycles. The van der Waals surface area contributed by atoms with Crippen molar-refractivity contribution in [2.75, 3.05) is 20.6 Å². The number of hydrogen-bond acceptors (Lipinski definition) is 3. The summed E-state index contributed by atoms with van der Waals surface area (Å²) < 4.78 is 0. The molecule has 1 aliphatic rings. The zero-order chi connectivity index (χ0) is 10.6. The molecule has 0 radical (unpaired) electrons. The van der Waals surface area contributed by atoms with E-state index in [1.165, 1.54) is 19.3 Å². The molecule has 0 spiro atoms. The molecule has 0 heterocycles. The van der Waals surface area contributed by atoms with Crippen molar-refractivity contribution in [3.8, 4) is 0 Å². The van der Waals surface area contributed by atoms with E-state index in [2.05, 4.69) is 24.3 Å². The smallest absolute Gasteiger partial charge is 0.317 e. The molecule has 0 unspecified atom stereocenters. The van der Waals surface area contributed by atoms with Crippen molar-refractivity contribution >= 4 is 5.97 Å². The summed E-state index contributed by atoms with van der Waals surface area (Å²) in [5, 5.41) is 11.7. The number of hydrogen-bond donors (Lipinski definition) is 2. The van der Waals surface area contributed by atoms with Gasteiger partial charge < -0.3 is 15.3 Å². The van der Waals surface area contributed by atoms with Crippen LogP contribution in [0.1, 0.15) is 25.7 Å². The van der Waals surface area contributed by atoms with Crippen molar-refractivity contribution in [3.63, 3.8) is 0 Å². The SMILES string of the molecule is CN(C)[C@@H]1CCCC[C@H]1NCC(=O)O. The molecule has 0 aromatic heterocycles. The molecule has 0 amide bonds. The van der Waals surface area contributed by atoms with Crippen LogP contribution in [-0.4, -0.2) is 48.7 Å². The second-order valence-corrected chi connectivity index (χ2v) is 4.20. The lowest BCUT2D eigenvalue weighted by molar-refractivity contribution is -0.136. The van der Waals surface area contributed by atoms with Gasteiger partial charge in [-0.05, 0) is 26.9 Å². The van der Waals surface area contributed by atoms with Crippen LogP contribution in [0.5, 0.6) is 0 Å². The van der Waals surface area contributed by atoms with Gasteiger partial charge in [-0.15, -0.1) is 0 Å². The lowest BCUT2D eigenvalue weighted by Crippen LogP contribution is -2.50. The maximum Gasteiger partial charge on any atom is 0.317 e. The minimum Gasteiger partial charge on any atom is -0.480 e. The van der Waals surface area contributed by atoms with Gasteiger partial charge in [-0.2, -0.15) is 0 Å². The number of carboxylic acid groups (broad SMARTS) is 1. The Morgan fingerprint density at radius 1 is 1.43 bits per heavy atom. The average molecular weight is 200 g/mol. The Labute approximate surface area is 85.3 Å². The van der Waals surface area contributed by atoms with Crippen LogP contribution < -0.4 is 5.32 Å². The number of nitrogens with one attached hydrogen (secondary N) is 1. The fourth-order valence-corrected chi connectivity index (χ4v) is 2.19. The Morgan fingerprint density at radius 3 is 2.64 bits per heavy atom. The van der Waals surface area contributed by atoms with Crippen molar-refractivity contribution in [1.82, 2.24) is 10.2 Å². The lowest BCUT2D eigenvalue weighted by atomic mass is 9.89. The number of carboxylic acids is 1.